The van der Waals surface area contributed by atoms with E-state index in [2.05, 4.69) is 27.9 Å². The van der Waals surface area contributed by atoms with Crippen LogP contribution >= 0.6 is 22.6 Å². The molecule has 0 fully saturated rings. The molecule has 2 N–H and O–H groups in total. The van der Waals surface area contributed by atoms with Crippen molar-refractivity contribution in [3.8, 4) is 0 Å². The maximum Gasteiger partial charge on any atom is 0.326 e. The molecule has 0 radical (unpaired) electrons. The zero-order valence-electron chi connectivity index (χ0n) is 9.66. The summed E-state index contributed by atoms with van der Waals surface area (Å²) in [6.07, 6.45) is 0.365. The molecular weight excluding hydrogens is 333 g/mol. The van der Waals surface area contributed by atoms with Crippen molar-refractivity contribution in [3.05, 3.63) is 32.9 Å². The first-order valence-corrected chi connectivity index (χ1v) is 6.34. The molecule has 92 valence electrons. The van der Waals surface area contributed by atoms with Gasteiger partial charge in [-0.05, 0) is 47.6 Å². The molecule has 0 spiro atoms. The van der Waals surface area contributed by atoms with E-state index in [1.54, 1.807) is 19.1 Å². The van der Waals surface area contributed by atoms with E-state index in [0.29, 0.717) is 12.0 Å². The maximum absolute atomic E-state index is 11.9. The third-order valence-corrected chi connectivity index (χ3v) is 3.88. The molecule has 0 bridgehead atoms. The maximum atomic E-state index is 11.9. The Kier molecular flexibility index (Phi) is 4.92. The number of carboxylic acids is 1. The number of halogens is 1. The lowest BCUT2D eigenvalue weighted by Gasteiger charge is -2.13. The van der Waals surface area contributed by atoms with Gasteiger partial charge in [0.25, 0.3) is 5.91 Å². The second kappa shape index (κ2) is 6.00. The van der Waals surface area contributed by atoms with Gasteiger partial charge < -0.3 is 10.4 Å². The van der Waals surface area contributed by atoms with Gasteiger partial charge in [0, 0.05) is 3.57 Å². The van der Waals surface area contributed by atoms with Crippen molar-refractivity contribution in [2.24, 2.45) is 0 Å². The molecule has 5 heteroatoms. The van der Waals surface area contributed by atoms with Crippen LogP contribution in [-0.4, -0.2) is 23.0 Å². The normalized spacial score (nSPS) is 11.9. The fraction of sp³-hybridized carbons (Fsp3) is 0.333. The minimum atomic E-state index is -1.01. The fourth-order valence-corrected chi connectivity index (χ4v) is 2.00. The van der Waals surface area contributed by atoms with Crippen molar-refractivity contribution >= 4 is 34.5 Å². The lowest BCUT2D eigenvalue weighted by molar-refractivity contribution is -0.139. The zero-order chi connectivity index (χ0) is 13.0. The fourth-order valence-electron chi connectivity index (χ4n) is 1.40. The van der Waals surface area contributed by atoms with Crippen LogP contribution in [0.15, 0.2) is 18.2 Å². The average Bonchev–Trinajstić information content (AvgIpc) is 2.28. The van der Waals surface area contributed by atoms with E-state index < -0.39 is 12.0 Å². The molecule has 0 saturated heterocycles. The largest absolute Gasteiger partial charge is 0.480 e. The van der Waals surface area contributed by atoms with Crippen molar-refractivity contribution < 1.29 is 14.7 Å². The average molecular weight is 347 g/mol. The third-order valence-electron chi connectivity index (χ3n) is 2.45. The van der Waals surface area contributed by atoms with Crippen LogP contribution in [-0.2, 0) is 4.79 Å². The summed E-state index contributed by atoms with van der Waals surface area (Å²) < 4.78 is 0.850. The molecule has 0 saturated carbocycles. The van der Waals surface area contributed by atoms with E-state index in [-0.39, 0.29) is 5.91 Å². The highest BCUT2D eigenvalue weighted by molar-refractivity contribution is 14.1. The van der Waals surface area contributed by atoms with Gasteiger partial charge in [0.05, 0.1) is 5.56 Å². The SMILES string of the molecule is CC[C@@H](NC(=O)c1cccc(C)c1I)C(=O)O. The number of aryl methyl sites for hydroxylation is 1. The van der Waals surface area contributed by atoms with Gasteiger partial charge in [-0.25, -0.2) is 4.79 Å². The molecule has 1 rings (SSSR count). The predicted octanol–water partition coefficient (Wildman–Crippen LogP) is 2.19. The second-order valence-electron chi connectivity index (χ2n) is 3.71. The van der Waals surface area contributed by atoms with Crippen molar-refractivity contribution in [2.45, 2.75) is 26.3 Å². The Bertz CT molecular complexity index is 445. The van der Waals surface area contributed by atoms with Gasteiger partial charge in [-0.3, -0.25) is 4.79 Å². The Morgan fingerprint density at radius 2 is 2.12 bits per heavy atom. The van der Waals surface area contributed by atoms with Crippen LogP contribution in [0.1, 0.15) is 29.3 Å². The van der Waals surface area contributed by atoms with Crippen LogP contribution in [0.25, 0.3) is 0 Å². The Morgan fingerprint density at radius 1 is 1.47 bits per heavy atom. The quantitative estimate of drug-likeness (QED) is 0.821. The van der Waals surface area contributed by atoms with Crippen molar-refractivity contribution in [3.63, 3.8) is 0 Å². The molecule has 4 nitrogen and oxygen atoms in total. The molecule has 0 aliphatic rings. The van der Waals surface area contributed by atoms with Gasteiger partial charge >= 0.3 is 5.97 Å². The van der Waals surface area contributed by atoms with Crippen LogP contribution in [0.5, 0.6) is 0 Å². The summed E-state index contributed by atoms with van der Waals surface area (Å²) >= 11 is 2.09. The summed E-state index contributed by atoms with van der Waals surface area (Å²) in [5.41, 5.74) is 1.52. The molecule has 0 unspecified atom stereocenters. The monoisotopic (exact) mass is 347 g/mol. The number of carbonyl (C=O) groups is 2. The summed E-state index contributed by atoms with van der Waals surface area (Å²) in [7, 11) is 0. The number of carbonyl (C=O) groups excluding carboxylic acids is 1. The first kappa shape index (κ1) is 14.0. The van der Waals surface area contributed by atoms with Gasteiger partial charge in [0.15, 0.2) is 0 Å². The number of carboxylic acid groups (broad SMARTS) is 1. The summed E-state index contributed by atoms with van der Waals surface area (Å²) in [5.74, 6) is -1.35. The summed E-state index contributed by atoms with van der Waals surface area (Å²) in [5, 5.41) is 11.4. The first-order valence-electron chi connectivity index (χ1n) is 5.26. The van der Waals surface area contributed by atoms with Gasteiger partial charge in [0.1, 0.15) is 6.04 Å². The third kappa shape index (κ3) is 3.42. The topological polar surface area (TPSA) is 66.4 Å². The minimum absolute atomic E-state index is 0.340. The van der Waals surface area contributed by atoms with Crippen molar-refractivity contribution in [1.29, 1.82) is 0 Å². The second-order valence-corrected chi connectivity index (χ2v) is 4.79. The van der Waals surface area contributed by atoms with E-state index in [1.165, 1.54) is 0 Å². The highest BCUT2D eigenvalue weighted by Crippen LogP contribution is 2.16. The zero-order valence-corrected chi connectivity index (χ0v) is 11.8. The van der Waals surface area contributed by atoms with Gasteiger partial charge in [-0.2, -0.15) is 0 Å². The summed E-state index contributed by atoms with van der Waals surface area (Å²) in [6.45, 7) is 3.63. The number of rotatable bonds is 4. The standard InChI is InChI=1S/C12H14INO3/c1-3-9(12(16)17)14-11(15)8-6-4-5-7(2)10(8)13/h4-6,9H,3H2,1-2H3,(H,14,15)(H,16,17)/t9-/m1/s1. The molecule has 0 aliphatic heterocycles. The lowest BCUT2D eigenvalue weighted by Crippen LogP contribution is -2.40. The van der Waals surface area contributed by atoms with E-state index in [0.717, 1.165) is 9.13 Å². The molecule has 17 heavy (non-hydrogen) atoms. The number of nitrogens with one attached hydrogen (secondary N) is 1. The number of aliphatic carboxylic acids is 1. The smallest absolute Gasteiger partial charge is 0.326 e. The Morgan fingerprint density at radius 3 is 2.65 bits per heavy atom. The van der Waals surface area contributed by atoms with Crippen LogP contribution < -0.4 is 5.32 Å². The molecular formula is C12H14INO3. The number of amides is 1. The summed E-state index contributed by atoms with van der Waals surface area (Å²) in [6, 6.07) is 4.55. The van der Waals surface area contributed by atoms with Gasteiger partial charge in [0.2, 0.25) is 0 Å². The summed E-state index contributed by atoms with van der Waals surface area (Å²) in [4.78, 5) is 22.7. The highest BCUT2D eigenvalue weighted by atomic mass is 127. The number of hydrogen-bond acceptors (Lipinski definition) is 2. The van der Waals surface area contributed by atoms with Crippen LogP contribution in [0.3, 0.4) is 0 Å². The van der Waals surface area contributed by atoms with Crippen LogP contribution in [0, 0.1) is 10.5 Å². The lowest BCUT2D eigenvalue weighted by atomic mass is 10.1. The van der Waals surface area contributed by atoms with Crippen LogP contribution in [0.4, 0.5) is 0 Å². The van der Waals surface area contributed by atoms with Gasteiger partial charge in [-0.15, -0.1) is 0 Å². The molecule has 1 atom stereocenters. The van der Waals surface area contributed by atoms with E-state index in [4.69, 9.17) is 5.11 Å². The van der Waals surface area contributed by atoms with Crippen molar-refractivity contribution in [2.75, 3.05) is 0 Å². The van der Waals surface area contributed by atoms with Crippen molar-refractivity contribution in [1.82, 2.24) is 5.32 Å². The Balaban J connectivity index is 2.90. The molecule has 1 aromatic carbocycles. The molecule has 1 aromatic rings. The first-order chi connectivity index (χ1) is 7.97. The molecule has 1 amide bonds. The number of benzene rings is 1. The molecule has 0 heterocycles. The molecule has 0 aliphatic carbocycles. The van der Waals surface area contributed by atoms with E-state index in [1.807, 2.05) is 13.0 Å². The molecule has 0 aromatic heterocycles. The van der Waals surface area contributed by atoms with Gasteiger partial charge in [-0.1, -0.05) is 19.1 Å². The van der Waals surface area contributed by atoms with Crippen LogP contribution in [0.2, 0.25) is 0 Å². The Hall–Kier alpha value is -1.11. The van der Waals surface area contributed by atoms with E-state index in [9.17, 15) is 9.59 Å². The highest BCUT2D eigenvalue weighted by Gasteiger charge is 2.19. The Labute approximate surface area is 114 Å². The van der Waals surface area contributed by atoms with E-state index >= 15 is 0 Å². The number of hydrogen-bond donors (Lipinski definition) is 2. The minimum Gasteiger partial charge on any atom is -0.480 e. The predicted molar refractivity (Wildman–Crippen MR) is 73.1 cm³/mol.